The van der Waals surface area contributed by atoms with Crippen molar-refractivity contribution in [2.45, 2.75) is 70.3 Å². The van der Waals surface area contributed by atoms with Crippen LogP contribution >= 0.6 is 0 Å². The number of halogens is 4. The van der Waals surface area contributed by atoms with E-state index in [0.717, 1.165) is 32.1 Å². The first kappa shape index (κ1) is 18.6. The normalized spacial score (nSPS) is 14.1. The first-order valence-electron chi connectivity index (χ1n) is 6.82. The lowest BCUT2D eigenvalue weighted by molar-refractivity contribution is -0.170. The lowest BCUT2D eigenvalue weighted by atomic mass is 10.1. The molecule has 0 radical (unpaired) electrons. The molecule has 0 aromatic carbocycles. The Kier molecular flexibility index (Phi) is 10.2. The summed E-state index contributed by atoms with van der Waals surface area (Å²) >= 11 is 0. The molecule has 0 aliphatic carbocycles. The summed E-state index contributed by atoms with van der Waals surface area (Å²) in [5.41, 5.74) is 0. The van der Waals surface area contributed by atoms with E-state index < -0.39 is 25.1 Å². The largest absolute Gasteiger partial charge is 0.391 e. The molecule has 0 saturated heterocycles. The van der Waals surface area contributed by atoms with Crippen molar-refractivity contribution in [1.82, 2.24) is 0 Å². The van der Waals surface area contributed by atoms with Gasteiger partial charge in [-0.05, 0) is 6.42 Å². The summed E-state index contributed by atoms with van der Waals surface area (Å²) < 4.78 is 53.0. The van der Waals surface area contributed by atoms with Crippen molar-refractivity contribution in [3.8, 4) is 0 Å². The van der Waals surface area contributed by atoms with Gasteiger partial charge in [-0.2, -0.15) is 8.78 Å². The third kappa shape index (κ3) is 10.1. The van der Waals surface area contributed by atoms with Gasteiger partial charge in [-0.3, -0.25) is 0 Å². The van der Waals surface area contributed by atoms with Gasteiger partial charge in [0, 0.05) is 0 Å². The average molecular weight is 288 g/mol. The molecule has 0 saturated carbocycles. The molecule has 0 fully saturated rings. The summed E-state index contributed by atoms with van der Waals surface area (Å²) in [7, 11) is 0. The highest BCUT2D eigenvalue weighted by atomic mass is 19.3. The third-order valence-corrected chi connectivity index (χ3v) is 2.81. The quantitative estimate of drug-likeness (QED) is 0.434. The molecule has 1 unspecified atom stereocenters. The number of hydrogen-bond acceptors (Lipinski definition) is 2. The van der Waals surface area contributed by atoms with Crippen molar-refractivity contribution in [1.29, 1.82) is 0 Å². The highest BCUT2D eigenvalue weighted by Crippen LogP contribution is 2.23. The molecular weight excluding hydrogens is 264 g/mol. The van der Waals surface area contributed by atoms with E-state index in [0.29, 0.717) is 6.42 Å². The number of alkyl halides is 4. The van der Waals surface area contributed by atoms with Crippen LogP contribution in [-0.2, 0) is 4.74 Å². The second kappa shape index (κ2) is 10.4. The predicted octanol–water partition coefficient (Wildman–Crippen LogP) is 4.01. The minimum atomic E-state index is -4.14. The Labute approximate surface area is 112 Å². The molecule has 0 aliphatic heterocycles. The summed E-state index contributed by atoms with van der Waals surface area (Å²) in [6.45, 7) is 0.450. The fourth-order valence-corrected chi connectivity index (χ4v) is 1.64. The zero-order valence-corrected chi connectivity index (χ0v) is 11.4. The van der Waals surface area contributed by atoms with Crippen molar-refractivity contribution in [3.05, 3.63) is 0 Å². The van der Waals surface area contributed by atoms with Crippen LogP contribution in [0.15, 0.2) is 0 Å². The maximum Gasteiger partial charge on any atom is 0.330 e. The Morgan fingerprint density at radius 3 is 2.21 bits per heavy atom. The second-order valence-electron chi connectivity index (χ2n) is 4.79. The van der Waals surface area contributed by atoms with Crippen molar-refractivity contribution in [2.24, 2.45) is 0 Å². The smallest absolute Gasteiger partial charge is 0.330 e. The van der Waals surface area contributed by atoms with Gasteiger partial charge in [0.2, 0.25) is 0 Å². The van der Waals surface area contributed by atoms with E-state index in [-0.39, 0.29) is 6.61 Å². The lowest BCUT2D eigenvalue weighted by Gasteiger charge is -2.17. The number of unbranched alkanes of at least 4 members (excludes halogenated alkanes) is 5. The highest BCUT2D eigenvalue weighted by molar-refractivity contribution is 4.68. The summed E-state index contributed by atoms with van der Waals surface area (Å²) in [6, 6.07) is 0. The van der Waals surface area contributed by atoms with E-state index in [1.54, 1.807) is 0 Å². The Bertz CT molecular complexity index is 213. The van der Waals surface area contributed by atoms with E-state index in [4.69, 9.17) is 0 Å². The van der Waals surface area contributed by atoms with Crippen molar-refractivity contribution < 1.29 is 27.4 Å². The SMILES string of the molecule is CCCCCCCCC(O)COCC(F)(F)C(F)F. The van der Waals surface area contributed by atoms with Crippen LogP contribution in [0.4, 0.5) is 17.6 Å². The fraction of sp³-hybridized carbons (Fsp3) is 1.00. The molecule has 1 atom stereocenters. The molecule has 0 aromatic heterocycles. The Morgan fingerprint density at radius 1 is 1.05 bits per heavy atom. The maximum absolute atomic E-state index is 12.5. The number of ether oxygens (including phenoxy) is 1. The van der Waals surface area contributed by atoms with Gasteiger partial charge in [0.15, 0.2) is 0 Å². The molecule has 2 nitrogen and oxygen atoms in total. The Balaban J connectivity index is 3.47. The Morgan fingerprint density at radius 2 is 1.63 bits per heavy atom. The molecule has 0 heterocycles. The Hall–Kier alpha value is -0.360. The van der Waals surface area contributed by atoms with Crippen molar-refractivity contribution in [2.75, 3.05) is 13.2 Å². The van der Waals surface area contributed by atoms with Crippen LogP contribution in [0.2, 0.25) is 0 Å². The summed E-state index contributed by atoms with van der Waals surface area (Å²) in [5.74, 6) is -4.14. The zero-order valence-electron chi connectivity index (χ0n) is 11.4. The molecule has 0 aromatic rings. The number of hydrogen-bond donors (Lipinski definition) is 1. The van der Waals surface area contributed by atoms with Crippen LogP contribution < -0.4 is 0 Å². The maximum atomic E-state index is 12.5. The van der Waals surface area contributed by atoms with Gasteiger partial charge in [-0.25, -0.2) is 8.78 Å². The highest BCUT2D eigenvalue weighted by Gasteiger charge is 2.41. The molecule has 6 heteroatoms. The first-order chi connectivity index (χ1) is 8.90. The predicted molar refractivity (Wildman–Crippen MR) is 65.8 cm³/mol. The molecule has 0 spiro atoms. The van der Waals surface area contributed by atoms with Crippen LogP contribution in [0.5, 0.6) is 0 Å². The van der Waals surface area contributed by atoms with E-state index in [1.165, 1.54) is 6.42 Å². The topological polar surface area (TPSA) is 29.5 Å². The summed E-state index contributed by atoms with van der Waals surface area (Å²) in [4.78, 5) is 0. The van der Waals surface area contributed by atoms with Crippen molar-refractivity contribution >= 4 is 0 Å². The molecule has 19 heavy (non-hydrogen) atoms. The van der Waals surface area contributed by atoms with Crippen molar-refractivity contribution in [3.63, 3.8) is 0 Å². The standard InChI is InChI=1S/C13H24F4O2/c1-2-3-4-5-6-7-8-11(18)9-19-10-13(16,17)12(14)15/h11-12,18H,2-10H2,1H3. The minimum absolute atomic E-state index is 0.322. The fourth-order valence-electron chi connectivity index (χ4n) is 1.64. The molecule has 0 bridgehead atoms. The van der Waals surface area contributed by atoms with E-state index >= 15 is 0 Å². The monoisotopic (exact) mass is 288 g/mol. The van der Waals surface area contributed by atoms with E-state index in [1.807, 2.05) is 0 Å². The van der Waals surface area contributed by atoms with Gasteiger partial charge in [-0.1, -0.05) is 45.4 Å². The molecule has 116 valence electrons. The van der Waals surface area contributed by atoms with Crippen LogP contribution in [0, 0.1) is 0 Å². The van der Waals surface area contributed by atoms with Crippen LogP contribution in [-0.4, -0.2) is 36.8 Å². The van der Waals surface area contributed by atoms with Gasteiger partial charge in [-0.15, -0.1) is 0 Å². The van der Waals surface area contributed by atoms with Gasteiger partial charge in [0.25, 0.3) is 0 Å². The molecule has 0 amide bonds. The third-order valence-electron chi connectivity index (χ3n) is 2.81. The zero-order chi connectivity index (χ0) is 14.7. The minimum Gasteiger partial charge on any atom is -0.391 e. The second-order valence-corrected chi connectivity index (χ2v) is 4.79. The van der Waals surface area contributed by atoms with Gasteiger partial charge >= 0.3 is 12.3 Å². The van der Waals surface area contributed by atoms with E-state index in [9.17, 15) is 22.7 Å². The lowest BCUT2D eigenvalue weighted by Crippen LogP contribution is -2.33. The van der Waals surface area contributed by atoms with Crippen LogP contribution in [0.3, 0.4) is 0 Å². The first-order valence-corrected chi connectivity index (χ1v) is 6.82. The van der Waals surface area contributed by atoms with Gasteiger partial charge in [0.05, 0.1) is 12.7 Å². The molecule has 0 rings (SSSR count). The molecular formula is C13H24F4O2. The molecule has 1 N–H and O–H groups in total. The van der Waals surface area contributed by atoms with Crippen LogP contribution in [0.1, 0.15) is 51.9 Å². The number of rotatable bonds is 12. The summed E-state index contributed by atoms with van der Waals surface area (Å²) in [5, 5.41) is 9.43. The summed E-state index contributed by atoms with van der Waals surface area (Å²) in [6.07, 6.45) is 2.22. The van der Waals surface area contributed by atoms with Gasteiger partial charge < -0.3 is 9.84 Å². The average Bonchev–Trinajstić information content (AvgIpc) is 2.33. The number of aliphatic hydroxyl groups is 1. The van der Waals surface area contributed by atoms with Crippen LogP contribution in [0.25, 0.3) is 0 Å². The molecule has 0 aliphatic rings. The number of aliphatic hydroxyl groups excluding tert-OH is 1. The van der Waals surface area contributed by atoms with E-state index in [2.05, 4.69) is 11.7 Å². The van der Waals surface area contributed by atoms with Gasteiger partial charge in [0.1, 0.15) is 6.61 Å².